The van der Waals surface area contributed by atoms with E-state index in [0.717, 1.165) is 24.2 Å². The fraction of sp³-hybridized carbons (Fsp3) is 0.615. The molecule has 7 amide bonds. The largest absolute Gasteiger partial charge is 0.346 e. The maximum atomic E-state index is 14.5. The lowest BCUT2D eigenvalue weighted by atomic mass is 9.80. The van der Waals surface area contributed by atoms with Gasteiger partial charge in [-0.1, -0.05) is 92.9 Å². The van der Waals surface area contributed by atoms with Crippen LogP contribution in [0.15, 0.2) is 36.9 Å². The molecule has 52 heavy (non-hydrogen) atoms. The molecule has 284 valence electrons. The molecule has 13 nitrogen and oxygen atoms in total. The van der Waals surface area contributed by atoms with Crippen molar-refractivity contribution in [3.05, 3.63) is 48.0 Å². The highest BCUT2D eigenvalue weighted by Crippen LogP contribution is 2.34. The van der Waals surface area contributed by atoms with Gasteiger partial charge in [-0.2, -0.15) is 0 Å². The van der Waals surface area contributed by atoms with Crippen LogP contribution in [0.1, 0.15) is 102 Å². The molecule has 6 atom stereocenters. The fourth-order valence-corrected chi connectivity index (χ4v) is 7.02. The molecule has 1 saturated carbocycles. The first-order chi connectivity index (χ1) is 24.3. The summed E-state index contributed by atoms with van der Waals surface area (Å²) >= 11 is 0. The van der Waals surface area contributed by atoms with Crippen molar-refractivity contribution < 1.29 is 33.6 Å². The zero-order valence-corrected chi connectivity index (χ0v) is 31.8. The average Bonchev–Trinajstić information content (AvgIpc) is 3.48. The van der Waals surface area contributed by atoms with Crippen molar-refractivity contribution in [3.63, 3.8) is 0 Å². The van der Waals surface area contributed by atoms with Crippen LogP contribution in [0.3, 0.4) is 0 Å². The lowest BCUT2D eigenvalue weighted by Crippen LogP contribution is -2.62. The second kappa shape index (κ2) is 16.0. The summed E-state index contributed by atoms with van der Waals surface area (Å²) in [6.07, 6.45) is 4.64. The van der Waals surface area contributed by atoms with Gasteiger partial charge in [-0.05, 0) is 47.1 Å². The van der Waals surface area contributed by atoms with Gasteiger partial charge in [0.2, 0.25) is 17.6 Å². The number of nitrogens with one attached hydrogen (secondary N) is 4. The molecule has 4 N–H and O–H groups in total. The Bertz CT molecular complexity index is 1550. The Morgan fingerprint density at radius 2 is 1.50 bits per heavy atom. The molecule has 0 spiro atoms. The van der Waals surface area contributed by atoms with Crippen molar-refractivity contribution in [2.45, 2.75) is 105 Å². The Hall–Kier alpha value is -4.55. The van der Waals surface area contributed by atoms with E-state index >= 15 is 0 Å². The average molecular weight is 721 g/mol. The van der Waals surface area contributed by atoms with Crippen LogP contribution in [-0.2, 0) is 19.2 Å². The van der Waals surface area contributed by atoms with Crippen molar-refractivity contribution in [3.8, 4) is 0 Å². The van der Waals surface area contributed by atoms with Gasteiger partial charge in [0.05, 0.1) is 29.8 Å². The number of benzene rings is 1. The summed E-state index contributed by atoms with van der Waals surface area (Å²) in [6.45, 7) is 18.7. The minimum atomic E-state index is -1.07. The second-order valence-electron chi connectivity index (χ2n) is 16.8. The SMILES string of the molecule is C=CCNC(=O)C(=O)C(CC1CCC1)NC(=O)[C@@H]1[C@@H](C)[C@@H](C)CN1C(=O)[C@@H](NC(=O)N[C@H](CN1C(=O)c2ccccc2C1=O)C(C)(C)C)C(C)(C)C. The topological polar surface area (TPSA) is 174 Å². The van der Waals surface area contributed by atoms with Crippen molar-refractivity contribution >= 4 is 41.4 Å². The van der Waals surface area contributed by atoms with Crippen LogP contribution in [0, 0.1) is 28.6 Å². The molecule has 1 aromatic rings. The van der Waals surface area contributed by atoms with Crippen molar-refractivity contribution in [1.82, 2.24) is 31.1 Å². The van der Waals surface area contributed by atoms with E-state index in [1.54, 1.807) is 24.3 Å². The van der Waals surface area contributed by atoms with Gasteiger partial charge in [-0.15, -0.1) is 6.58 Å². The molecule has 1 saturated heterocycles. The van der Waals surface area contributed by atoms with Crippen LogP contribution < -0.4 is 21.3 Å². The molecule has 0 aromatic heterocycles. The van der Waals surface area contributed by atoms with Crippen molar-refractivity contribution in [2.24, 2.45) is 28.6 Å². The van der Waals surface area contributed by atoms with Gasteiger partial charge in [0.15, 0.2) is 0 Å². The summed E-state index contributed by atoms with van der Waals surface area (Å²) in [4.78, 5) is 97.0. The molecule has 1 aromatic carbocycles. The molecule has 1 unspecified atom stereocenters. The predicted molar refractivity (Wildman–Crippen MR) is 196 cm³/mol. The van der Waals surface area contributed by atoms with Gasteiger partial charge >= 0.3 is 6.03 Å². The van der Waals surface area contributed by atoms with Gasteiger partial charge < -0.3 is 26.2 Å². The van der Waals surface area contributed by atoms with Crippen LogP contribution in [0.25, 0.3) is 0 Å². The zero-order chi connectivity index (χ0) is 38.7. The molecule has 3 aliphatic rings. The molecular formula is C39H56N6O7. The molecular weight excluding hydrogens is 664 g/mol. The number of nitrogens with zero attached hydrogens (tertiary/aromatic N) is 2. The molecule has 1 aliphatic carbocycles. The first-order valence-electron chi connectivity index (χ1n) is 18.3. The Balaban J connectivity index is 1.52. The lowest BCUT2D eigenvalue weighted by molar-refractivity contribution is -0.144. The highest BCUT2D eigenvalue weighted by atomic mass is 16.2. The first-order valence-corrected chi connectivity index (χ1v) is 18.3. The third-order valence-corrected chi connectivity index (χ3v) is 10.8. The summed E-state index contributed by atoms with van der Waals surface area (Å²) in [5, 5.41) is 11.1. The molecule has 0 radical (unpaired) electrons. The Labute approximate surface area is 307 Å². The van der Waals surface area contributed by atoms with E-state index < -0.39 is 76.3 Å². The summed E-state index contributed by atoms with van der Waals surface area (Å²) in [6, 6.07) is 2.19. The molecule has 2 aliphatic heterocycles. The Morgan fingerprint density at radius 3 is 2.00 bits per heavy atom. The van der Waals surface area contributed by atoms with Crippen LogP contribution in [0.4, 0.5) is 4.79 Å². The number of urea groups is 1. The Morgan fingerprint density at radius 1 is 0.904 bits per heavy atom. The van der Waals surface area contributed by atoms with Gasteiger partial charge in [-0.3, -0.25) is 33.7 Å². The highest BCUT2D eigenvalue weighted by molar-refractivity contribution is 6.38. The van der Waals surface area contributed by atoms with Gasteiger partial charge in [0, 0.05) is 13.1 Å². The smallest absolute Gasteiger partial charge is 0.315 e. The fourth-order valence-electron chi connectivity index (χ4n) is 7.02. The molecule has 13 heteroatoms. The normalized spacial score (nSPS) is 22.1. The third kappa shape index (κ3) is 8.90. The molecule has 2 fully saturated rings. The summed E-state index contributed by atoms with van der Waals surface area (Å²) < 4.78 is 0. The number of Topliss-reactive ketones (excluding diaryl/α,β-unsaturated/α-hetero) is 1. The number of carbonyl (C=O) groups excluding carboxylic acids is 7. The van der Waals surface area contributed by atoms with E-state index in [0.29, 0.717) is 17.5 Å². The highest BCUT2D eigenvalue weighted by Gasteiger charge is 2.49. The van der Waals surface area contributed by atoms with Gasteiger partial charge in [0.25, 0.3) is 17.7 Å². The van der Waals surface area contributed by atoms with E-state index in [2.05, 4.69) is 27.8 Å². The number of hydrogen-bond donors (Lipinski definition) is 4. The number of carbonyl (C=O) groups is 7. The van der Waals surface area contributed by atoms with Gasteiger partial charge in [-0.25, -0.2) is 4.79 Å². The van der Waals surface area contributed by atoms with Crippen LogP contribution in [0.5, 0.6) is 0 Å². The number of rotatable bonds is 13. The van der Waals surface area contributed by atoms with Crippen LogP contribution in [-0.4, -0.2) is 95.0 Å². The summed E-state index contributed by atoms with van der Waals surface area (Å²) in [5.74, 6) is -3.54. The van der Waals surface area contributed by atoms with E-state index in [9.17, 15) is 33.6 Å². The first kappa shape index (κ1) is 40.2. The minimum Gasteiger partial charge on any atom is -0.346 e. The monoisotopic (exact) mass is 720 g/mol. The standard InChI is InChI=1S/C39H56N6O7/c1-10-18-40-33(48)30(46)27(19-24-14-13-15-24)41-32(47)29-23(3)22(2)20-44(29)36(51)31(39(7,8)9)43-37(52)42-28(38(4,5)6)21-45-34(49)25-16-11-12-17-26(25)35(45)50/h10-12,16-17,22-24,27-29,31H,1,13-15,18-21H2,2-9H3,(H,40,48)(H,41,47)(H2,42,43,52)/t22-,23-,27?,28+,29-,31+/m0/s1. The molecule has 4 rings (SSSR count). The lowest BCUT2D eigenvalue weighted by Gasteiger charge is -2.38. The molecule has 2 heterocycles. The quantitative estimate of drug-likeness (QED) is 0.137. The van der Waals surface area contributed by atoms with Crippen LogP contribution >= 0.6 is 0 Å². The maximum absolute atomic E-state index is 14.5. The maximum Gasteiger partial charge on any atom is 0.315 e. The number of amides is 7. The van der Waals surface area contributed by atoms with E-state index in [4.69, 9.17) is 0 Å². The summed E-state index contributed by atoms with van der Waals surface area (Å²) in [5.41, 5.74) is -0.765. The predicted octanol–water partition coefficient (Wildman–Crippen LogP) is 3.44. The van der Waals surface area contributed by atoms with Gasteiger partial charge in [0.1, 0.15) is 12.1 Å². The number of ketones is 1. The zero-order valence-electron chi connectivity index (χ0n) is 31.8. The number of fused-ring (bicyclic) bond motifs is 1. The van der Waals surface area contributed by atoms with E-state index in [1.165, 1.54) is 11.0 Å². The van der Waals surface area contributed by atoms with E-state index in [-0.39, 0.29) is 37.4 Å². The summed E-state index contributed by atoms with van der Waals surface area (Å²) in [7, 11) is 0. The number of hydrogen-bond acceptors (Lipinski definition) is 7. The minimum absolute atomic E-state index is 0.0734. The molecule has 0 bridgehead atoms. The number of likely N-dealkylation sites (tertiary alicyclic amines) is 1. The van der Waals surface area contributed by atoms with E-state index in [1.807, 2.05) is 55.4 Å². The van der Waals surface area contributed by atoms with Crippen LogP contribution in [0.2, 0.25) is 0 Å². The second-order valence-corrected chi connectivity index (χ2v) is 16.8. The third-order valence-electron chi connectivity index (χ3n) is 10.8. The van der Waals surface area contributed by atoms with Crippen molar-refractivity contribution in [2.75, 3.05) is 19.6 Å². The number of imide groups is 1. The van der Waals surface area contributed by atoms with Crippen molar-refractivity contribution in [1.29, 1.82) is 0 Å². The Kier molecular flexibility index (Phi) is 12.4.